The number of methoxy groups -OCH3 is 1. The Hall–Kier alpha value is -2.14. The zero-order chi connectivity index (χ0) is 23.3. The Kier molecular flexibility index (Phi) is 12.2. The minimum atomic E-state index is -0.891. The Morgan fingerprint density at radius 1 is 1.13 bits per heavy atom. The quantitative estimate of drug-likeness (QED) is 0.170. The van der Waals surface area contributed by atoms with E-state index in [9.17, 15) is 19.5 Å². The number of imide groups is 1. The molecule has 0 saturated carbocycles. The molecule has 0 aromatic heterocycles. The molecule has 0 radical (unpaired) electrons. The Morgan fingerprint density at radius 2 is 1.81 bits per heavy atom. The summed E-state index contributed by atoms with van der Waals surface area (Å²) in [5.74, 6) is -0.555. The number of rotatable bonds is 16. The van der Waals surface area contributed by atoms with Gasteiger partial charge in [-0.3, -0.25) is 9.59 Å². The summed E-state index contributed by atoms with van der Waals surface area (Å²) in [5.41, 5.74) is -0.891. The molecule has 1 fully saturated rings. The molecule has 0 spiro atoms. The van der Waals surface area contributed by atoms with Crippen molar-refractivity contribution in [3.05, 3.63) is 0 Å². The second kappa shape index (κ2) is 14.0. The van der Waals surface area contributed by atoms with Crippen molar-refractivity contribution in [1.82, 2.24) is 9.80 Å². The van der Waals surface area contributed by atoms with Crippen LogP contribution in [-0.4, -0.2) is 64.7 Å². The van der Waals surface area contributed by atoms with E-state index in [4.69, 9.17) is 5.26 Å². The minimum Gasteiger partial charge on any atom is -0.469 e. The van der Waals surface area contributed by atoms with Crippen LogP contribution >= 0.6 is 0 Å². The van der Waals surface area contributed by atoms with Gasteiger partial charge in [-0.25, -0.2) is 9.69 Å². The fourth-order valence-electron chi connectivity index (χ4n) is 3.92. The van der Waals surface area contributed by atoms with Crippen molar-refractivity contribution in [2.45, 2.75) is 103 Å². The molecule has 2 unspecified atom stereocenters. The summed E-state index contributed by atoms with van der Waals surface area (Å²) in [4.78, 5) is 39.1. The number of urea groups is 1. The lowest BCUT2D eigenvalue weighted by Gasteiger charge is -2.28. The fraction of sp³-hybridized carbons (Fsp3) is 0.826. The van der Waals surface area contributed by atoms with Crippen LogP contribution in [0.4, 0.5) is 4.79 Å². The number of carbonyl (C=O) groups excluding carboxylic acids is 3. The van der Waals surface area contributed by atoms with Gasteiger partial charge in [-0.1, -0.05) is 51.9 Å². The molecule has 0 aliphatic carbocycles. The molecule has 8 nitrogen and oxygen atoms in total. The molecule has 1 N–H and O–H groups in total. The summed E-state index contributed by atoms with van der Waals surface area (Å²) in [7, 11) is 1.37. The van der Waals surface area contributed by atoms with Crippen LogP contribution in [0.15, 0.2) is 0 Å². The third-order valence-electron chi connectivity index (χ3n) is 5.93. The average molecular weight is 438 g/mol. The van der Waals surface area contributed by atoms with Crippen LogP contribution in [0.5, 0.6) is 0 Å². The smallest absolute Gasteiger partial charge is 0.328 e. The number of ether oxygens (including phenoxy) is 1. The number of nitriles is 1. The summed E-state index contributed by atoms with van der Waals surface area (Å²) in [6.45, 7) is 3.96. The molecule has 31 heavy (non-hydrogen) atoms. The number of amides is 3. The first-order valence-electron chi connectivity index (χ1n) is 11.6. The Labute approximate surface area is 186 Å². The van der Waals surface area contributed by atoms with Gasteiger partial charge in [-0.2, -0.15) is 5.26 Å². The number of carbonyl (C=O) groups is 3. The van der Waals surface area contributed by atoms with Crippen LogP contribution in [0.25, 0.3) is 0 Å². The zero-order valence-corrected chi connectivity index (χ0v) is 19.4. The molecular formula is C23H39N3O5. The molecule has 1 heterocycles. The van der Waals surface area contributed by atoms with Crippen molar-refractivity contribution in [2.24, 2.45) is 0 Å². The Balaban J connectivity index is 2.59. The van der Waals surface area contributed by atoms with E-state index >= 15 is 0 Å². The third-order valence-corrected chi connectivity index (χ3v) is 5.93. The first kappa shape index (κ1) is 26.9. The van der Waals surface area contributed by atoms with Crippen molar-refractivity contribution < 1.29 is 24.2 Å². The van der Waals surface area contributed by atoms with Crippen LogP contribution in [0.3, 0.4) is 0 Å². The summed E-state index contributed by atoms with van der Waals surface area (Å²) >= 11 is 0. The van der Waals surface area contributed by atoms with Gasteiger partial charge in [0.2, 0.25) is 0 Å². The van der Waals surface area contributed by atoms with Crippen LogP contribution in [0, 0.1) is 11.3 Å². The number of unbranched alkanes of at least 4 members (excludes halogenated alkanes) is 6. The highest BCUT2D eigenvalue weighted by Crippen LogP contribution is 2.26. The van der Waals surface area contributed by atoms with E-state index in [-0.39, 0.29) is 18.4 Å². The number of hydrogen-bond acceptors (Lipinski definition) is 6. The van der Waals surface area contributed by atoms with Gasteiger partial charge in [-0.15, -0.1) is 0 Å². The highest BCUT2D eigenvalue weighted by atomic mass is 16.5. The highest BCUT2D eigenvalue weighted by Gasteiger charge is 2.44. The molecule has 3 amide bonds. The molecule has 1 saturated heterocycles. The number of hydrogen-bond donors (Lipinski definition) is 1. The van der Waals surface area contributed by atoms with E-state index in [1.807, 2.05) is 6.07 Å². The van der Waals surface area contributed by atoms with Gasteiger partial charge < -0.3 is 14.7 Å². The number of nitrogens with zero attached hydrogens (tertiary/aromatic N) is 3. The number of esters is 1. The van der Waals surface area contributed by atoms with Gasteiger partial charge in [0.15, 0.2) is 0 Å². The van der Waals surface area contributed by atoms with Crippen LogP contribution in [0.1, 0.15) is 90.9 Å². The van der Waals surface area contributed by atoms with E-state index < -0.39 is 17.7 Å². The largest absolute Gasteiger partial charge is 0.469 e. The number of aliphatic hydroxyl groups is 1. The Morgan fingerprint density at radius 3 is 2.45 bits per heavy atom. The lowest BCUT2D eigenvalue weighted by Crippen LogP contribution is -2.39. The highest BCUT2D eigenvalue weighted by molar-refractivity contribution is 6.04. The molecule has 2 atom stereocenters. The van der Waals surface area contributed by atoms with E-state index in [1.54, 1.807) is 6.92 Å². The maximum Gasteiger partial charge on any atom is 0.328 e. The standard InChI is InChI=1S/C23H39N3O5/c1-4-5-6-11-14-23(2,30)15-17-25-19(21(28)26(18-16-24)22(25)29)12-9-7-8-10-13-20(27)31-3/h19,30H,4-15,17-18H2,1-3H3. The van der Waals surface area contributed by atoms with Crippen LogP contribution in [-0.2, 0) is 14.3 Å². The molecule has 0 aromatic rings. The molecule has 1 aliphatic rings. The predicted molar refractivity (Wildman–Crippen MR) is 117 cm³/mol. The molecule has 176 valence electrons. The Bertz CT molecular complexity index is 629. The van der Waals surface area contributed by atoms with Gasteiger partial charge in [0, 0.05) is 13.0 Å². The predicted octanol–water partition coefficient (Wildman–Crippen LogP) is 3.77. The lowest BCUT2D eigenvalue weighted by atomic mass is 9.94. The SMILES string of the molecule is CCCCCCC(C)(O)CCN1C(=O)N(CC#N)C(=O)C1CCCCCCC(=O)OC. The first-order valence-corrected chi connectivity index (χ1v) is 11.6. The first-order chi connectivity index (χ1) is 14.8. The summed E-state index contributed by atoms with van der Waals surface area (Å²) in [6.07, 6.45) is 9.40. The van der Waals surface area contributed by atoms with Gasteiger partial charge in [-0.05, 0) is 32.6 Å². The van der Waals surface area contributed by atoms with Gasteiger partial charge in [0.05, 0.1) is 18.8 Å². The summed E-state index contributed by atoms with van der Waals surface area (Å²) in [6, 6.07) is 0.862. The normalized spacial score (nSPS) is 18.2. The second-order valence-electron chi connectivity index (χ2n) is 8.66. The molecular weight excluding hydrogens is 398 g/mol. The van der Waals surface area contributed by atoms with Crippen molar-refractivity contribution in [3.63, 3.8) is 0 Å². The fourth-order valence-corrected chi connectivity index (χ4v) is 3.92. The van der Waals surface area contributed by atoms with Crippen LogP contribution < -0.4 is 0 Å². The average Bonchev–Trinajstić information content (AvgIpc) is 2.96. The molecule has 0 aromatic carbocycles. The monoisotopic (exact) mass is 437 g/mol. The topological polar surface area (TPSA) is 111 Å². The minimum absolute atomic E-state index is 0.225. The maximum atomic E-state index is 12.7. The maximum absolute atomic E-state index is 12.7. The molecule has 8 heteroatoms. The molecule has 1 aliphatic heterocycles. The van der Waals surface area contributed by atoms with Gasteiger partial charge in [0.1, 0.15) is 12.6 Å². The summed E-state index contributed by atoms with van der Waals surface area (Å²) in [5, 5.41) is 19.7. The third kappa shape index (κ3) is 9.26. The zero-order valence-electron chi connectivity index (χ0n) is 19.4. The van der Waals surface area contributed by atoms with Crippen molar-refractivity contribution in [3.8, 4) is 6.07 Å². The van der Waals surface area contributed by atoms with E-state index in [0.29, 0.717) is 32.2 Å². The van der Waals surface area contributed by atoms with Crippen molar-refractivity contribution >= 4 is 17.9 Å². The van der Waals surface area contributed by atoms with Crippen molar-refractivity contribution in [2.75, 3.05) is 20.2 Å². The molecule has 0 bridgehead atoms. The second-order valence-corrected chi connectivity index (χ2v) is 8.66. The van der Waals surface area contributed by atoms with Crippen LogP contribution in [0.2, 0.25) is 0 Å². The van der Waals surface area contributed by atoms with Gasteiger partial charge >= 0.3 is 12.0 Å². The van der Waals surface area contributed by atoms with E-state index in [1.165, 1.54) is 12.0 Å². The van der Waals surface area contributed by atoms with Gasteiger partial charge in [0.25, 0.3) is 5.91 Å². The van der Waals surface area contributed by atoms with Crippen molar-refractivity contribution in [1.29, 1.82) is 5.26 Å². The lowest BCUT2D eigenvalue weighted by molar-refractivity contribution is -0.140. The van der Waals surface area contributed by atoms with E-state index in [0.717, 1.165) is 56.3 Å². The molecule has 1 rings (SSSR count). The van der Waals surface area contributed by atoms with E-state index in [2.05, 4.69) is 11.7 Å². The summed E-state index contributed by atoms with van der Waals surface area (Å²) < 4.78 is 4.62.